The topological polar surface area (TPSA) is 52.5 Å². The molecule has 0 saturated heterocycles. The molecule has 37 heavy (non-hydrogen) atoms. The molecule has 0 radical (unpaired) electrons. The molecule has 1 aliphatic heterocycles. The van der Waals surface area contributed by atoms with Gasteiger partial charge in [0, 0.05) is 24.2 Å². The molecule has 0 saturated carbocycles. The van der Waals surface area contributed by atoms with Crippen molar-refractivity contribution in [2.75, 3.05) is 16.8 Å². The SMILES string of the molecule is Cc1ccnc(N2c3ccccc3N(C)c3c(C)cc(-c4ccc5c(C(C)C)ccc(O)c5n4)cc32)c1. The van der Waals surface area contributed by atoms with Crippen LogP contribution in [0.3, 0.4) is 0 Å². The van der Waals surface area contributed by atoms with Crippen molar-refractivity contribution in [2.45, 2.75) is 33.6 Å². The Kier molecular flexibility index (Phi) is 5.37. The number of benzene rings is 3. The van der Waals surface area contributed by atoms with Crippen LogP contribution in [0.2, 0.25) is 0 Å². The molecule has 1 aliphatic rings. The van der Waals surface area contributed by atoms with Gasteiger partial charge in [0.15, 0.2) is 0 Å². The van der Waals surface area contributed by atoms with Crippen molar-refractivity contribution in [3.63, 3.8) is 0 Å². The maximum Gasteiger partial charge on any atom is 0.141 e. The van der Waals surface area contributed by atoms with Gasteiger partial charge in [-0.15, -0.1) is 0 Å². The molecule has 0 aliphatic carbocycles. The predicted octanol–water partition coefficient (Wildman–Crippen LogP) is 8.29. The lowest BCUT2D eigenvalue weighted by atomic mass is 9.96. The molecular formula is C32H30N4O. The number of aromatic hydroxyl groups is 1. The first-order valence-corrected chi connectivity index (χ1v) is 12.7. The number of para-hydroxylation sites is 2. The second-order valence-electron chi connectivity index (χ2n) is 10.2. The Balaban J connectivity index is 1.59. The second-order valence-corrected chi connectivity index (χ2v) is 10.2. The van der Waals surface area contributed by atoms with Crippen molar-refractivity contribution in [3.05, 3.63) is 95.7 Å². The van der Waals surface area contributed by atoms with Crippen molar-refractivity contribution in [1.82, 2.24) is 9.97 Å². The Bertz CT molecular complexity index is 1670. The fourth-order valence-corrected chi connectivity index (χ4v) is 5.48. The first-order valence-electron chi connectivity index (χ1n) is 12.7. The first-order chi connectivity index (χ1) is 17.8. The highest BCUT2D eigenvalue weighted by molar-refractivity contribution is 6.00. The molecule has 0 atom stereocenters. The van der Waals surface area contributed by atoms with Gasteiger partial charge in [-0.3, -0.25) is 4.90 Å². The summed E-state index contributed by atoms with van der Waals surface area (Å²) in [5, 5.41) is 11.7. The van der Waals surface area contributed by atoms with Gasteiger partial charge >= 0.3 is 0 Å². The van der Waals surface area contributed by atoms with Gasteiger partial charge in [0.05, 0.1) is 28.4 Å². The monoisotopic (exact) mass is 486 g/mol. The summed E-state index contributed by atoms with van der Waals surface area (Å²) in [6.07, 6.45) is 1.86. The minimum absolute atomic E-state index is 0.204. The molecule has 0 fully saturated rings. The highest BCUT2D eigenvalue weighted by Gasteiger charge is 2.30. The zero-order valence-electron chi connectivity index (χ0n) is 21.8. The van der Waals surface area contributed by atoms with Crippen molar-refractivity contribution < 1.29 is 5.11 Å². The maximum atomic E-state index is 10.7. The Hall–Kier alpha value is -4.38. The standard InChI is InChI=1S/C32H30N4O/c1-19(2)23-11-13-29(37)31-24(23)10-12-25(34-31)22-17-21(4)32-28(18-22)36(30-16-20(3)14-15-33-30)27-9-7-6-8-26(27)35(32)5/h6-19,37H,1-5H3. The van der Waals surface area contributed by atoms with E-state index in [0.29, 0.717) is 11.4 Å². The van der Waals surface area contributed by atoms with Crippen molar-refractivity contribution in [2.24, 2.45) is 0 Å². The lowest BCUT2D eigenvalue weighted by Gasteiger charge is -2.39. The number of aryl methyl sites for hydroxylation is 2. The van der Waals surface area contributed by atoms with E-state index in [4.69, 9.17) is 9.97 Å². The molecule has 0 amide bonds. The molecule has 0 spiro atoms. The molecule has 2 aromatic heterocycles. The van der Waals surface area contributed by atoms with E-state index in [9.17, 15) is 5.11 Å². The van der Waals surface area contributed by atoms with Crippen LogP contribution in [0.1, 0.15) is 36.5 Å². The highest BCUT2D eigenvalue weighted by atomic mass is 16.3. The summed E-state index contributed by atoms with van der Waals surface area (Å²) in [4.78, 5) is 14.2. The van der Waals surface area contributed by atoms with Crippen LogP contribution in [-0.4, -0.2) is 22.1 Å². The van der Waals surface area contributed by atoms with E-state index in [-0.39, 0.29) is 5.75 Å². The van der Waals surface area contributed by atoms with E-state index in [0.717, 1.165) is 56.3 Å². The molecule has 6 rings (SSSR count). The number of aromatic nitrogens is 2. The van der Waals surface area contributed by atoms with Crippen LogP contribution in [0.4, 0.5) is 28.6 Å². The number of fused-ring (bicyclic) bond motifs is 3. The lowest BCUT2D eigenvalue weighted by molar-refractivity contribution is 0.480. The molecule has 0 unspecified atom stereocenters. The number of hydrogen-bond donors (Lipinski definition) is 1. The number of rotatable bonds is 3. The Morgan fingerprint density at radius 3 is 2.38 bits per heavy atom. The molecule has 184 valence electrons. The van der Waals surface area contributed by atoms with Gasteiger partial charge in [0.25, 0.3) is 0 Å². The fourth-order valence-electron chi connectivity index (χ4n) is 5.48. The van der Waals surface area contributed by atoms with E-state index in [2.05, 4.69) is 99.1 Å². The molecule has 5 heteroatoms. The van der Waals surface area contributed by atoms with Crippen LogP contribution in [0.15, 0.2) is 79.0 Å². The van der Waals surface area contributed by atoms with Crippen molar-refractivity contribution in [3.8, 4) is 17.0 Å². The summed E-state index contributed by atoms with van der Waals surface area (Å²) in [5.41, 5.74) is 10.3. The number of phenolic OH excluding ortho intramolecular Hbond substituents is 1. The van der Waals surface area contributed by atoms with Gasteiger partial charge in [-0.05, 0) is 85.0 Å². The zero-order valence-corrected chi connectivity index (χ0v) is 21.8. The van der Waals surface area contributed by atoms with Gasteiger partial charge in [-0.25, -0.2) is 9.97 Å². The normalized spacial score (nSPS) is 12.7. The predicted molar refractivity (Wildman–Crippen MR) is 153 cm³/mol. The van der Waals surface area contributed by atoms with Gasteiger partial charge in [0.1, 0.15) is 17.1 Å². The van der Waals surface area contributed by atoms with Gasteiger partial charge in [-0.2, -0.15) is 0 Å². The van der Waals surface area contributed by atoms with E-state index >= 15 is 0 Å². The first kappa shape index (κ1) is 23.0. The van der Waals surface area contributed by atoms with E-state index in [1.165, 1.54) is 5.56 Å². The molecule has 3 aromatic carbocycles. The van der Waals surface area contributed by atoms with Gasteiger partial charge in [0.2, 0.25) is 0 Å². The number of hydrogen-bond acceptors (Lipinski definition) is 5. The van der Waals surface area contributed by atoms with Gasteiger partial charge in [-0.1, -0.05) is 38.1 Å². The average molecular weight is 487 g/mol. The summed E-state index contributed by atoms with van der Waals surface area (Å²) >= 11 is 0. The Labute approximate surface area is 217 Å². The van der Waals surface area contributed by atoms with Crippen LogP contribution in [0.5, 0.6) is 5.75 Å². The number of phenols is 1. The molecule has 0 bridgehead atoms. The van der Waals surface area contributed by atoms with Crippen LogP contribution in [-0.2, 0) is 0 Å². The quantitative estimate of drug-likeness (QED) is 0.278. The summed E-state index contributed by atoms with van der Waals surface area (Å²) in [5.74, 6) is 1.42. The molecule has 3 heterocycles. The van der Waals surface area contributed by atoms with Crippen molar-refractivity contribution >= 4 is 39.5 Å². The van der Waals surface area contributed by atoms with Crippen LogP contribution < -0.4 is 9.80 Å². The third-order valence-electron chi connectivity index (χ3n) is 7.26. The summed E-state index contributed by atoms with van der Waals surface area (Å²) < 4.78 is 0. The lowest BCUT2D eigenvalue weighted by Crippen LogP contribution is -2.25. The molecule has 5 aromatic rings. The van der Waals surface area contributed by atoms with Gasteiger partial charge < -0.3 is 10.0 Å². The average Bonchev–Trinajstić information content (AvgIpc) is 2.88. The zero-order chi connectivity index (χ0) is 25.8. The van der Waals surface area contributed by atoms with E-state index in [1.807, 2.05) is 18.3 Å². The third-order valence-corrected chi connectivity index (χ3v) is 7.26. The summed E-state index contributed by atoms with van der Waals surface area (Å²) in [6, 6.07) is 24.8. The Morgan fingerprint density at radius 2 is 1.62 bits per heavy atom. The smallest absolute Gasteiger partial charge is 0.141 e. The van der Waals surface area contributed by atoms with E-state index < -0.39 is 0 Å². The molecular weight excluding hydrogens is 456 g/mol. The number of nitrogens with zero attached hydrogens (tertiary/aromatic N) is 4. The van der Waals surface area contributed by atoms with Crippen LogP contribution in [0, 0.1) is 13.8 Å². The largest absolute Gasteiger partial charge is 0.506 e. The van der Waals surface area contributed by atoms with Crippen molar-refractivity contribution in [1.29, 1.82) is 0 Å². The molecule has 1 N–H and O–H groups in total. The van der Waals surface area contributed by atoms with Crippen LogP contribution in [0.25, 0.3) is 22.2 Å². The van der Waals surface area contributed by atoms with E-state index in [1.54, 1.807) is 6.07 Å². The van der Waals surface area contributed by atoms with Crippen LogP contribution >= 0.6 is 0 Å². The molecule has 5 nitrogen and oxygen atoms in total. The minimum Gasteiger partial charge on any atom is -0.506 e. The Morgan fingerprint density at radius 1 is 0.838 bits per heavy atom. The summed E-state index contributed by atoms with van der Waals surface area (Å²) in [7, 11) is 2.12. The highest BCUT2D eigenvalue weighted by Crippen LogP contribution is 2.52. The second kappa shape index (κ2) is 8.63. The number of anilines is 5. The minimum atomic E-state index is 0.204. The number of pyridine rings is 2. The third kappa shape index (κ3) is 3.70. The fraction of sp³-hybridized carbons (Fsp3) is 0.188. The summed E-state index contributed by atoms with van der Waals surface area (Å²) in [6.45, 7) is 8.56. The maximum absolute atomic E-state index is 10.7.